The zero-order valence-corrected chi connectivity index (χ0v) is 12.2. The minimum absolute atomic E-state index is 0.0111. The number of carbonyl (C=O) groups excluding carboxylic acids is 1. The van der Waals surface area contributed by atoms with E-state index in [2.05, 4.69) is 0 Å². The van der Waals surface area contributed by atoms with Gasteiger partial charge in [0.05, 0.1) is 13.0 Å². The number of hydrogen-bond acceptors (Lipinski definition) is 3. The van der Waals surface area contributed by atoms with Crippen molar-refractivity contribution in [2.75, 3.05) is 6.54 Å². The zero-order valence-electron chi connectivity index (χ0n) is 12.2. The van der Waals surface area contributed by atoms with Crippen LogP contribution < -0.4 is 0 Å². The normalized spacial score (nSPS) is 19.5. The zero-order chi connectivity index (χ0) is 15.2. The molecule has 1 aromatic rings. The van der Waals surface area contributed by atoms with Gasteiger partial charge in [-0.05, 0) is 25.3 Å². The standard InChI is InChI=1S/C16H21NO4/c1-12(21-11-13-6-3-2-4-7-13)16(20)17-9-5-8-14(17)10-15(18)19/h2-4,6-7,12,14H,5,8-11H2,1H3,(H,18,19). The highest BCUT2D eigenvalue weighted by Crippen LogP contribution is 2.21. The number of rotatable bonds is 6. The van der Waals surface area contributed by atoms with Gasteiger partial charge in [0.25, 0.3) is 5.91 Å². The molecule has 1 amide bonds. The summed E-state index contributed by atoms with van der Waals surface area (Å²) < 4.78 is 5.62. The van der Waals surface area contributed by atoms with Crippen LogP contribution >= 0.6 is 0 Å². The molecule has 0 aromatic heterocycles. The molecule has 21 heavy (non-hydrogen) atoms. The maximum absolute atomic E-state index is 12.4. The third-order valence-corrected chi connectivity index (χ3v) is 3.76. The molecule has 5 nitrogen and oxygen atoms in total. The van der Waals surface area contributed by atoms with Crippen molar-refractivity contribution in [2.24, 2.45) is 0 Å². The van der Waals surface area contributed by atoms with Crippen molar-refractivity contribution in [3.05, 3.63) is 35.9 Å². The predicted molar refractivity (Wildman–Crippen MR) is 77.7 cm³/mol. The van der Waals surface area contributed by atoms with Crippen LogP contribution in [0.2, 0.25) is 0 Å². The summed E-state index contributed by atoms with van der Waals surface area (Å²) in [6, 6.07) is 9.47. The fourth-order valence-electron chi connectivity index (χ4n) is 2.64. The Balaban J connectivity index is 1.88. The van der Waals surface area contributed by atoms with E-state index in [1.165, 1.54) is 0 Å². The second-order valence-corrected chi connectivity index (χ2v) is 5.36. The molecule has 0 saturated carbocycles. The van der Waals surface area contributed by atoms with E-state index in [9.17, 15) is 9.59 Å². The topological polar surface area (TPSA) is 66.8 Å². The minimum atomic E-state index is -0.863. The van der Waals surface area contributed by atoms with Crippen molar-refractivity contribution < 1.29 is 19.4 Å². The van der Waals surface area contributed by atoms with Gasteiger partial charge in [0.2, 0.25) is 0 Å². The van der Waals surface area contributed by atoms with E-state index < -0.39 is 12.1 Å². The summed E-state index contributed by atoms with van der Waals surface area (Å²) in [5.41, 5.74) is 1.01. The van der Waals surface area contributed by atoms with Crippen LogP contribution in [0.1, 0.15) is 31.7 Å². The van der Waals surface area contributed by atoms with Crippen molar-refractivity contribution in [3.63, 3.8) is 0 Å². The third kappa shape index (κ3) is 4.29. The quantitative estimate of drug-likeness (QED) is 0.871. The maximum atomic E-state index is 12.4. The van der Waals surface area contributed by atoms with E-state index in [4.69, 9.17) is 9.84 Å². The molecule has 1 aliphatic heterocycles. The lowest BCUT2D eigenvalue weighted by Gasteiger charge is -2.26. The molecule has 2 atom stereocenters. The summed E-state index contributed by atoms with van der Waals surface area (Å²) in [7, 11) is 0. The Labute approximate surface area is 124 Å². The number of ether oxygens (including phenoxy) is 1. The molecule has 0 bridgehead atoms. The number of carbonyl (C=O) groups is 2. The van der Waals surface area contributed by atoms with E-state index in [0.717, 1.165) is 18.4 Å². The Bertz CT molecular complexity index is 488. The van der Waals surface area contributed by atoms with Crippen LogP contribution in [-0.4, -0.2) is 40.6 Å². The van der Waals surface area contributed by atoms with Gasteiger partial charge in [0.15, 0.2) is 0 Å². The SMILES string of the molecule is CC(OCc1ccccc1)C(=O)N1CCCC1CC(=O)O. The second kappa shape index (κ2) is 7.22. The lowest BCUT2D eigenvalue weighted by Crippen LogP contribution is -2.42. The molecule has 1 aromatic carbocycles. The van der Waals surface area contributed by atoms with E-state index in [1.807, 2.05) is 30.3 Å². The Hall–Kier alpha value is -1.88. The first kappa shape index (κ1) is 15.5. The number of carboxylic acid groups (broad SMARTS) is 1. The molecule has 1 saturated heterocycles. The number of hydrogen-bond donors (Lipinski definition) is 1. The summed E-state index contributed by atoms with van der Waals surface area (Å²) in [5, 5.41) is 8.89. The van der Waals surface area contributed by atoms with Crippen molar-refractivity contribution in [3.8, 4) is 0 Å². The molecule has 114 valence electrons. The second-order valence-electron chi connectivity index (χ2n) is 5.36. The van der Waals surface area contributed by atoms with Gasteiger partial charge in [0, 0.05) is 12.6 Å². The monoisotopic (exact) mass is 291 g/mol. The number of nitrogens with zero attached hydrogens (tertiary/aromatic N) is 1. The summed E-state index contributed by atoms with van der Waals surface area (Å²) in [6.45, 7) is 2.72. The van der Waals surface area contributed by atoms with E-state index in [0.29, 0.717) is 13.2 Å². The highest BCUT2D eigenvalue weighted by molar-refractivity contribution is 5.81. The average molecular weight is 291 g/mol. The van der Waals surface area contributed by atoms with Gasteiger partial charge in [-0.3, -0.25) is 9.59 Å². The largest absolute Gasteiger partial charge is 0.481 e. The molecule has 2 unspecified atom stereocenters. The minimum Gasteiger partial charge on any atom is -0.481 e. The maximum Gasteiger partial charge on any atom is 0.305 e. The van der Waals surface area contributed by atoms with Crippen LogP contribution in [0.15, 0.2) is 30.3 Å². The molecule has 2 rings (SSSR count). The number of aliphatic carboxylic acids is 1. The van der Waals surface area contributed by atoms with Gasteiger partial charge in [-0.1, -0.05) is 30.3 Å². The Morgan fingerprint density at radius 2 is 2.10 bits per heavy atom. The van der Waals surface area contributed by atoms with Crippen LogP contribution in [-0.2, 0) is 20.9 Å². The van der Waals surface area contributed by atoms with Gasteiger partial charge < -0.3 is 14.7 Å². The van der Waals surface area contributed by atoms with Crippen LogP contribution in [0.4, 0.5) is 0 Å². The van der Waals surface area contributed by atoms with Gasteiger partial charge in [-0.15, -0.1) is 0 Å². The molecular weight excluding hydrogens is 270 g/mol. The lowest BCUT2D eigenvalue weighted by molar-refractivity contribution is -0.146. The highest BCUT2D eigenvalue weighted by atomic mass is 16.5. The van der Waals surface area contributed by atoms with E-state index in [-0.39, 0.29) is 18.4 Å². The third-order valence-electron chi connectivity index (χ3n) is 3.76. The number of likely N-dealkylation sites (tertiary alicyclic amines) is 1. The molecule has 1 heterocycles. The molecule has 0 spiro atoms. The van der Waals surface area contributed by atoms with Gasteiger partial charge in [-0.2, -0.15) is 0 Å². The van der Waals surface area contributed by atoms with Gasteiger partial charge >= 0.3 is 5.97 Å². The van der Waals surface area contributed by atoms with E-state index >= 15 is 0 Å². The number of amides is 1. The summed E-state index contributed by atoms with van der Waals surface area (Å²) >= 11 is 0. The highest BCUT2D eigenvalue weighted by Gasteiger charge is 2.32. The first-order valence-electron chi connectivity index (χ1n) is 7.25. The molecule has 1 N–H and O–H groups in total. The first-order chi connectivity index (χ1) is 10.1. The van der Waals surface area contributed by atoms with E-state index in [1.54, 1.807) is 11.8 Å². The fourth-order valence-corrected chi connectivity index (χ4v) is 2.64. The van der Waals surface area contributed by atoms with Gasteiger partial charge in [0.1, 0.15) is 6.10 Å². The summed E-state index contributed by atoms with van der Waals surface area (Å²) in [4.78, 5) is 24.9. The smallest absolute Gasteiger partial charge is 0.305 e. The molecule has 1 aliphatic rings. The lowest BCUT2D eigenvalue weighted by atomic mass is 10.1. The summed E-state index contributed by atoms with van der Waals surface area (Å²) in [6.07, 6.45) is 1.06. The Morgan fingerprint density at radius 1 is 1.38 bits per heavy atom. The Morgan fingerprint density at radius 3 is 2.76 bits per heavy atom. The first-order valence-corrected chi connectivity index (χ1v) is 7.25. The molecule has 0 radical (unpaired) electrons. The fraction of sp³-hybridized carbons (Fsp3) is 0.500. The van der Waals surface area contributed by atoms with Crippen molar-refractivity contribution in [1.29, 1.82) is 0 Å². The number of benzene rings is 1. The molecule has 0 aliphatic carbocycles. The van der Waals surface area contributed by atoms with Crippen LogP contribution in [0.5, 0.6) is 0 Å². The van der Waals surface area contributed by atoms with Crippen LogP contribution in [0.25, 0.3) is 0 Å². The average Bonchev–Trinajstić information content (AvgIpc) is 2.92. The Kier molecular flexibility index (Phi) is 5.33. The molecule has 1 fully saturated rings. The summed E-state index contributed by atoms with van der Waals surface area (Å²) in [5.74, 6) is -0.979. The van der Waals surface area contributed by atoms with Crippen molar-refractivity contribution in [2.45, 2.75) is 44.9 Å². The predicted octanol–water partition coefficient (Wildman–Crippen LogP) is 2.06. The van der Waals surface area contributed by atoms with Gasteiger partial charge in [-0.25, -0.2) is 0 Å². The molecule has 5 heteroatoms. The van der Waals surface area contributed by atoms with Crippen LogP contribution in [0, 0.1) is 0 Å². The molecular formula is C16H21NO4. The van der Waals surface area contributed by atoms with Crippen LogP contribution in [0.3, 0.4) is 0 Å². The van der Waals surface area contributed by atoms with Crippen molar-refractivity contribution in [1.82, 2.24) is 4.90 Å². The number of carboxylic acids is 1. The van der Waals surface area contributed by atoms with Crippen molar-refractivity contribution >= 4 is 11.9 Å².